The lowest BCUT2D eigenvalue weighted by atomic mass is 9.89. The summed E-state index contributed by atoms with van der Waals surface area (Å²) in [7, 11) is 0. The Kier molecular flexibility index (Phi) is 6.36. The molecule has 29 heavy (non-hydrogen) atoms. The third-order valence-electron chi connectivity index (χ3n) is 4.69. The highest BCUT2D eigenvalue weighted by atomic mass is 35.5. The molecule has 1 aliphatic rings. The molecule has 0 radical (unpaired) electrons. The summed E-state index contributed by atoms with van der Waals surface area (Å²) < 4.78 is 5.14. The normalized spacial score (nSPS) is 18.2. The summed E-state index contributed by atoms with van der Waals surface area (Å²) in [6.07, 6.45) is 1.98. The molecule has 1 aromatic heterocycles. The zero-order chi connectivity index (χ0) is 21.2. The second kappa shape index (κ2) is 8.61. The maximum Gasteiger partial charge on any atom is 0.349 e. The molecule has 156 valence electrons. The number of aliphatic carboxylic acids is 1. The van der Waals surface area contributed by atoms with Crippen molar-refractivity contribution < 1.29 is 24.5 Å². The zero-order valence-corrected chi connectivity index (χ0v) is 17.7. The minimum Gasteiger partial charge on any atom is -0.479 e. The van der Waals surface area contributed by atoms with Crippen LogP contribution in [0.15, 0.2) is 24.3 Å². The Balaban J connectivity index is 1.87. The van der Waals surface area contributed by atoms with Crippen LogP contribution in [0.3, 0.4) is 0 Å². The SMILES string of the molecule is CC1(C)CC(Nc2cccc(-c3sc(C(=O)O)c(OCC(=O)O)c3Cl)c2)CCN1. The summed E-state index contributed by atoms with van der Waals surface area (Å²) in [6.45, 7) is 4.63. The number of hydrogen-bond acceptors (Lipinski definition) is 6. The van der Waals surface area contributed by atoms with Crippen LogP contribution in [-0.2, 0) is 4.79 Å². The number of carboxylic acid groups (broad SMARTS) is 2. The number of hydrogen-bond donors (Lipinski definition) is 4. The molecule has 7 nitrogen and oxygen atoms in total. The highest BCUT2D eigenvalue weighted by molar-refractivity contribution is 7.18. The fourth-order valence-corrected chi connectivity index (χ4v) is 4.87. The summed E-state index contributed by atoms with van der Waals surface area (Å²) in [6, 6.07) is 7.91. The molecule has 1 aromatic carbocycles. The summed E-state index contributed by atoms with van der Waals surface area (Å²) in [5, 5.41) is 25.4. The molecule has 1 unspecified atom stereocenters. The maximum atomic E-state index is 11.6. The van der Waals surface area contributed by atoms with Gasteiger partial charge in [-0.25, -0.2) is 9.59 Å². The van der Waals surface area contributed by atoms with Crippen molar-refractivity contribution >= 4 is 40.6 Å². The number of piperidine rings is 1. The number of benzene rings is 1. The Morgan fingerprint density at radius 3 is 2.79 bits per heavy atom. The number of anilines is 1. The fraction of sp³-hybridized carbons (Fsp3) is 0.400. The highest BCUT2D eigenvalue weighted by Crippen LogP contribution is 2.46. The second-order valence-electron chi connectivity index (χ2n) is 7.62. The van der Waals surface area contributed by atoms with Crippen molar-refractivity contribution in [2.45, 2.75) is 38.3 Å². The van der Waals surface area contributed by atoms with Crippen molar-refractivity contribution in [1.29, 1.82) is 0 Å². The molecule has 2 aromatic rings. The van der Waals surface area contributed by atoms with Gasteiger partial charge in [0.05, 0.1) is 4.88 Å². The van der Waals surface area contributed by atoms with Crippen LogP contribution in [0.2, 0.25) is 5.02 Å². The fourth-order valence-electron chi connectivity index (χ4n) is 3.47. The number of rotatable bonds is 7. The molecular formula is C20H23ClN2O5S. The van der Waals surface area contributed by atoms with Gasteiger partial charge in [0, 0.05) is 17.3 Å². The molecule has 4 N–H and O–H groups in total. The quantitative estimate of drug-likeness (QED) is 0.513. The van der Waals surface area contributed by atoms with Gasteiger partial charge in [0.2, 0.25) is 0 Å². The van der Waals surface area contributed by atoms with E-state index in [9.17, 15) is 14.7 Å². The van der Waals surface area contributed by atoms with Crippen molar-refractivity contribution in [2.75, 3.05) is 18.5 Å². The molecule has 0 saturated carbocycles. The lowest BCUT2D eigenvalue weighted by Crippen LogP contribution is -2.49. The molecular weight excluding hydrogens is 416 g/mol. The molecule has 1 saturated heterocycles. The van der Waals surface area contributed by atoms with Gasteiger partial charge in [-0.15, -0.1) is 11.3 Å². The Bertz CT molecular complexity index is 928. The van der Waals surface area contributed by atoms with Gasteiger partial charge < -0.3 is 25.6 Å². The number of halogens is 1. The summed E-state index contributed by atoms with van der Waals surface area (Å²) >= 11 is 7.34. The van der Waals surface area contributed by atoms with Crippen LogP contribution in [0.4, 0.5) is 5.69 Å². The first-order valence-electron chi connectivity index (χ1n) is 9.18. The Hall–Kier alpha value is -2.29. The smallest absolute Gasteiger partial charge is 0.349 e. The van der Waals surface area contributed by atoms with Gasteiger partial charge in [-0.1, -0.05) is 23.7 Å². The van der Waals surface area contributed by atoms with E-state index < -0.39 is 18.5 Å². The minimum absolute atomic E-state index is 0.0668. The molecule has 0 bridgehead atoms. The number of aromatic carboxylic acids is 1. The van der Waals surface area contributed by atoms with Crippen molar-refractivity contribution in [1.82, 2.24) is 5.32 Å². The van der Waals surface area contributed by atoms with E-state index in [-0.39, 0.29) is 21.2 Å². The first-order valence-corrected chi connectivity index (χ1v) is 10.4. The Labute approximate surface area is 177 Å². The van der Waals surface area contributed by atoms with E-state index in [4.69, 9.17) is 21.4 Å². The maximum absolute atomic E-state index is 11.6. The molecule has 2 heterocycles. The first-order chi connectivity index (χ1) is 13.7. The third-order valence-corrected chi connectivity index (χ3v) is 6.37. The number of carboxylic acids is 2. The molecule has 1 aliphatic heterocycles. The number of thiophene rings is 1. The van der Waals surface area contributed by atoms with Crippen LogP contribution in [0.5, 0.6) is 5.75 Å². The zero-order valence-electron chi connectivity index (χ0n) is 16.1. The summed E-state index contributed by atoms with van der Waals surface area (Å²) in [4.78, 5) is 22.8. The second-order valence-corrected chi connectivity index (χ2v) is 9.02. The van der Waals surface area contributed by atoms with E-state index in [1.807, 2.05) is 24.3 Å². The topological polar surface area (TPSA) is 108 Å². The van der Waals surface area contributed by atoms with Crippen molar-refractivity contribution in [3.05, 3.63) is 34.2 Å². The molecule has 3 rings (SSSR count). The van der Waals surface area contributed by atoms with Gasteiger partial charge in [-0.3, -0.25) is 0 Å². The van der Waals surface area contributed by atoms with Crippen LogP contribution in [0.25, 0.3) is 10.4 Å². The lowest BCUT2D eigenvalue weighted by Gasteiger charge is -2.37. The molecule has 0 aliphatic carbocycles. The largest absolute Gasteiger partial charge is 0.479 e. The number of ether oxygens (including phenoxy) is 1. The van der Waals surface area contributed by atoms with Crippen LogP contribution < -0.4 is 15.4 Å². The average Bonchev–Trinajstić information content (AvgIpc) is 2.96. The monoisotopic (exact) mass is 438 g/mol. The van der Waals surface area contributed by atoms with Crippen molar-refractivity contribution in [3.63, 3.8) is 0 Å². The van der Waals surface area contributed by atoms with Gasteiger partial charge in [0.15, 0.2) is 17.2 Å². The predicted molar refractivity (Wildman–Crippen MR) is 114 cm³/mol. The van der Waals surface area contributed by atoms with E-state index in [2.05, 4.69) is 24.5 Å². The number of nitrogens with one attached hydrogen (secondary N) is 2. The van der Waals surface area contributed by atoms with E-state index in [1.165, 1.54) is 0 Å². The average molecular weight is 439 g/mol. The van der Waals surface area contributed by atoms with Gasteiger partial charge in [-0.2, -0.15) is 0 Å². The van der Waals surface area contributed by atoms with Crippen molar-refractivity contribution in [3.8, 4) is 16.2 Å². The van der Waals surface area contributed by atoms with Gasteiger partial charge in [-0.05, 0) is 50.9 Å². The minimum atomic E-state index is -1.21. The number of carbonyl (C=O) groups is 2. The lowest BCUT2D eigenvalue weighted by molar-refractivity contribution is -0.139. The summed E-state index contributed by atoms with van der Waals surface area (Å²) in [5.74, 6) is -2.53. The van der Waals surface area contributed by atoms with Crippen LogP contribution >= 0.6 is 22.9 Å². The van der Waals surface area contributed by atoms with Crippen LogP contribution in [-0.4, -0.2) is 46.9 Å². The molecule has 1 fully saturated rings. The predicted octanol–water partition coefficient (Wildman–Crippen LogP) is 4.17. The molecule has 0 amide bonds. The molecule has 9 heteroatoms. The van der Waals surface area contributed by atoms with Gasteiger partial charge >= 0.3 is 11.9 Å². The highest BCUT2D eigenvalue weighted by Gasteiger charge is 2.28. The Morgan fingerprint density at radius 2 is 2.14 bits per heavy atom. The van der Waals surface area contributed by atoms with E-state index in [1.54, 1.807) is 0 Å². The van der Waals surface area contributed by atoms with E-state index in [0.29, 0.717) is 10.9 Å². The summed E-state index contributed by atoms with van der Waals surface area (Å²) in [5.41, 5.74) is 1.72. The van der Waals surface area contributed by atoms with E-state index >= 15 is 0 Å². The van der Waals surface area contributed by atoms with Crippen LogP contribution in [0, 0.1) is 0 Å². The standard InChI is InChI=1S/C20H23ClN2O5S/c1-20(2)9-13(6-7-22-20)23-12-5-3-4-11(8-12)17-15(21)16(28-10-14(24)25)18(29-17)19(26)27/h3-5,8,13,22-23H,6-7,9-10H2,1-2H3,(H,24,25)(H,26,27). The van der Waals surface area contributed by atoms with Crippen molar-refractivity contribution in [2.24, 2.45) is 0 Å². The Morgan fingerprint density at radius 1 is 1.38 bits per heavy atom. The van der Waals surface area contributed by atoms with Gasteiger partial charge in [0.1, 0.15) is 5.02 Å². The van der Waals surface area contributed by atoms with Gasteiger partial charge in [0.25, 0.3) is 0 Å². The van der Waals surface area contributed by atoms with Crippen LogP contribution in [0.1, 0.15) is 36.4 Å². The van der Waals surface area contributed by atoms with E-state index in [0.717, 1.165) is 42.0 Å². The third kappa shape index (κ3) is 5.20. The first kappa shape index (κ1) is 21.4. The molecule has 1 atom stereocenters. The molecule has 0 spiro atoms.